The van der Waals surface area contributed by atoms with Crippen molar-refractivity contribution >= 4 is 28.0 Å². The van der Waals surface area contributed by atoms with Gasteiger partial charge in [-0.1, -0.05) is 15.9 Å². The van der Waals surface area contributed by atoms with E-state index in [0.717, 1.165) is 16.4 Å². The number of aryl methyl sites for hydroxylation is 1. The summed E-state index contributed by atoms with van der Waals surface area (Å²) in [5.74, 6) is 1.07. The van der Waals surface area contributed by atoms with Crippen LogP contribution in [-0.4, -0.2) is 25.8 Å². The quantitative estimate of drug-likeness (QED) is 0.837. The van der Waals surface area contributed by atoms with Crippen LogP contribution in [0.2, 0.25) is 0 Å². The van der Waals surface area contributed by atoms with Crippen molar-refractivity contribution in [3.8, 4) is 5.75 Å². The van der Waals surface area contributed by atoms with E-state index in [-0.39, 0.29) is 6.61 Å². The Morgan fingerprint density at radius 2 is 2.24 bits per heavy atom. The second-order valence-electron chi connectivity index (χ2n) is 4.36. The first-order valence-corrected chi connectivity index (χ1v) is 6.95. The second-order valence-corrected chi connectivity index (χ2v) is 5.28. The molecule has 0 aliphatic rings. The van der Waals surface area contributed by atoms with Gasteiger partial charge >= 0.3 is 5.97 Å². The average molecular weight is 352 g/mol. The molecule has 0 bridgehead atoms. The van der Waals surface area contributed by atoms with Gasteiger partial charge in [0.05, 0.1) is 0 Å². The molecular formula is C14H14BrN3O3. The lowest BCUT2D eigenvalue weighted by Gasteiger charge is -2.09. The number of hydrogen-bond acceptors (Lipinski definition) is 4. The SMILES string of the molecule is Cc1nnc(COc2ccc(Br)cc2/C=C/C(=O)O)n1C. The van der Waals surface area contributed by atoms with Crippen LogP contribution in [0, 0.1) is 6.92 Å². The van der Waals surface area contributed by atoms with Gasteiger partial charge < -0.3 is 14.4 Å². The van der Waals surface area contributed by atoms with Crippen LogP contribution in [0.25, 0.3) is 6.08 Å². The molecule has 0 saturated heterocycles. The van der Waals surface area contributed by atoms with Crippen molar-refractivity contribution in [3.05, 3.63) is 46.0 Å². The highest BCUT2D eigenvalue weighted by Gasteiger charge is 2.08. The van der Waals surface area contributed by atoms with Crippen LogP contribution >= 0.6 is 15.9 Å². The maximum Gasteiger partial charge on any atom is 0.328 e. The topological polar surface area (TPSA) is 77.2 Å². The van der Waals surface area contributed by atoms with Gasteiger partial charge in [-0.25, -0.2) is 4.79 Å². The minimum atomic E-state index is -1.01. The zero-order chi connectivity index (χ0) is 15.4. The number of hydrogen-bond donors (Lipinski definition) is 1. The van der Waals surface area contributed by atoms with Gasteiger partial charge in [-0.3, -0.25) is 0 Å². The molecule has 0 unspecified atom stereocenters. The molecule has 110 valence electrons. The molecule has 1 N–H and O–H groups in total. The Morgan fingerprint density at radius 1 is 1.48 bits per heavy atom. The number of ether oxygens (including phenoxy) is 1. The fourth-order valence-corrected chi connectivity index (χ4v) is 2.04. The maximum atomic E-state index is 10.6. The van der Waals surface area contributed by atoms with Crippen molar-refractivity contribution in [2.24, 2.45) is 7.05 Å². The Balaban J connectivity index is 2.19. The Bertz CT molecular complexity index is 695. The highest BCUT2D eigenvalue weighted by molar-refractivity contribution is 9.10. The first-order chi connectivity index (χ1) is 9.97. The van der Waals surface area contributed by atoms with Gasteiger partial charge in [0.25, 0.3) is 0 Å². The van der Waals surface area contributed by atoms with Gasteiger partial charge in [0, 0.05) is 23.2 Å². The van der Waals surface area contributed by atoms with E-state index in [1.165, 1.54) is 6.08 Å². The zero-order valence-corrected chi connectivity index (χ0v) is 13.2. The molecule has 0 atom stereocenters. The van der Waals surface area contributed by atoms with Crippen molar-refractivity contribution < 1.29 is 14.6 Å². The molecule has 1 aromatic carbocycles. The number of aliphatic carboxylic acids is 1. The highest BCUT2D eigenvalue weighted by Crippen LogP contribution is 2.25. The maximum absolute atomic E-state index is 10.6. The van der Waals surface area contributed by atoms with E-state index in [9.17, 15) is 4.79 Å². The molecule has 0 spiro atoms. The van der Waals surface area contributed by atoms with E-state index in [1.54, 1.807) is 12.1 Å². The predicted octanol–water partition coefficient (Wildman–Crippen LogP) is 2.56. The third-order valence-corrected chi connectivity index (χ3v) is 3.41. The molecule has 1 aromatic heterocycles. The summed E-state index contributed by atoms with van der Waals surface area (Å²) >= 11 is 3.35. The molecule has 0 radical (unpaired) electrons. The minimum absolute atomic E-state index is 0.257. The number of carboxylic acid groups (broad SMARTS) is 1. The zero-order valence-electron chi connectivity index (χ0n) is 11.6. The Hall–Kier alpha value is -2.15. The summed E-state index contributed by atoms with van der Waals surface area (Å²) in [5.41, 5.74) is 0.672. The number of carbonyl (C=O) groups is 1. The van der Waals surface area contributed by atoms with Gasteiger partial charge in [-0.05, 0) is 31.2 Å². The van der Waals surface area contributed by atoms with E-state index in [2.05, 4.69) is 26.1 Å². The van der Waals surface area contributed by atoms with Gasteiger partial charge in [0.1, 0.15) is 18.2 Å². The Morgan fingerprint density at radius 3 is 2.86 bits per heavy atom. The average Bonchev–Trinajstić information content (AvgIpc) is 2.75. The summed E-state index contributed by atoms with van der Waals surface area (Å²) in [6.45, 7) is 2.12. The molecule has 2 aromatic rings. The molecule has 6 nitrogen and oxygen atoms in total. The van der Waals surface area contributed by atoms with Crippen molar-refractivity contribution in [1.29, 1.82) is 0 Å². The van der Waals surface area contributed by atoms with Crippen molar-refractivity contribution in [3.63, 3.8) is 0 Å². The van der Waals surface area contributed by atoms with Gasteiger partial charge in [0.15, 0.2) is 5.82 Å². The summed E-state index contributed by atoms with van der Waals surface area (Å²) in [6.07, 6.45) is 2.56. The monoisotopic (exact) mass is 351 g/mol. The first kappa shape index (κ1) is 15.2. The molecule has 21 heavy (non-hydrogen) atoms. The molecular weight excluding hydrogens is 338 g/mol. The molecule has 0 aliphatic carbocycles. The van der Waals surface area contributed by atoms with E-state index >= 15 is 0 Å². The Labute approximate surface area is 130 Å². The number of halogens is 1. The third kappa shape index (κ3) is 3.91. The van der Waals surface area contributed by atoms with E-state index in [1.807, 2.05) is 24.6 Å². The lowest BCUT2D eigenvalue weighted by molar-refractivity contribution is -0.131. The van der Waals surface area contributed by atoms with Crippen LogP contribution in [0.1, 0.15) is 17.2 Å². The number of carboxylic acids is 1. The van der Waals surface area contributed by atoms with Gasteiger partial charge in [-0.15, -0.1) is 10.2 Å². The predicted molar refractivity (Wildman–Crippen MR) is 80.9 cm³/mol. The summed E-state index contributed by atoms with van der Waals surface area (Å²) in [7, 11) is 1.86. The molecule has 0 saturated carbocycles. The van der Waals surface area contributed by atoms with Crippen molar-refractivity contribution in [2.45, 2.75) is 13.5 Å². The lowest BCUT2D eigenvalue weighted by Crippen LogP contribution is -2.05. The number of aromatic nitrogens is 3. The van der Waals surface area contributed by atoms with Crippen molar-refractivity contribution in [1.82, 2.24) is 14.8 Å². The second kappa shape index (κ2) is 6.53. The van der Waals surface area contributed by atoms with E-state index < -0.39 is 5.97 Å². The van der Waals surface area contributed by atoms with Gasteiger partial charge in [0.2, 0.25) is 0 Å². The van der Waals surface area contributed by atoms with E-state index in [4.69, 9.17) is 9.84 Å². The summed E-state index contributed by atoms with van der Waals surface area (Å²) in [6, 6.07) is 5.39. The van der Waals surface area contributed by atoms with Crippen LogP contribution in [0.15, 0.2) is 28.7 Å². The first-order valence-electron chi connectivity index (χ1n) is 6.15. The summed E-state index contributed by atoms with van der Waals surface area (Å²) < 4.78 is 8.40. The Kier molecular flexibility index (Phi) is 4.74. The van der Waals surface area contributed by atoms with Gasteiger partial charge in [-0.2, -0.15) is 0 Å². The molecule has 0 fully saturated rings. The number of nitrogens with zero attached hydrogens (tertiary/aromatic N) is 3. The normalized spacial score (nSPS) is 11.0. The minimum Gasteiger partial charge on any atom is -0.485 e. The largest absolute Gasteiger partial charge is 0.485 e. The van der Waals surface area contributed by atoms with Crippen LogP contribution in [0.5, 0.6) is 5.75 Å². The summed E-state index contributed by atoms with van der Waals surface area (Å²) in [4.78, 5) is 10.6. The molecule has 0 aliphatic heterocycles. The molecule has 0 amide bonds. The molecule has 7 heteroatoms. The smallest absolute Gasteiger partial charge is 0.328 e. The number of rotatable bonds is 5. The molecule has 2 rings (SSSR count). The van der Waals surface area contributed by atoms with Crippen LogP contribution in [-0.2, 0) is 18.4 Å². The van der Waals surface area contributed by atoms with Crippen LogP contribution in [0.4, 0.5) is 0 Å². The summed E-state index contributed by atoms with van der Waals surface area (Å²) in [5, 5.41) is 16.7. The lowest BCUT2D eigenvalue weighted by atomic mass is 10.2. The highest BCUT2D eigenvalue weighted by atomic mass is 79.9. The fourth-order valence-electron chi connectivity index (χ4n) is 1.66. The number of benzene rings is 1. The van der Waals surface area contributed by atoms with Crippen LogP contribution in [0.3, 0.4) is 0 Å². The van der Waals surface area contributed by atoms with Crippen LogP contribution < -0.4 is 4.74 Å². The van der Waals surface area contributed by atoms with E-state index in [0.29, 0.717) is 17.1 Å². The third-order valence-electron chi connectivity index (χ3n) is 2.92. The fraction of sp³-hybridized carbons (Fsp3) is 0.214. The van der Waals surface area contributed by atoms with Crippen molar-refractivity contribution in [2.75, 3.05) is 0 Å². The molecule has 1 heterocycles. The standard InChI is InChI=1S/C14H14BrN3O3/c1-9-16-17-13(18(9)2)8-21-12-5-4-11(15)7-10(12)3-6-14(19)20/h3-7H,8H2,1-2H3,(H,19,20)/b6-3+.